The maximum absolute atomic E-state index is 12.9. The Morgan fingerprint density at radius 2 is 2.03 bits per heavy atom. The lowest BCUT2D eigenvalue weighted by Gasteiger charge is -2.27. The number of methoxy groups -OCH3 is 1. The summed E-state index contributed by atoms with van der Waals surface area (Å²) in [5.41, 5.74) is 1.48. The first kappa shape index (κ1) is 23.6. The first-order valence-corrected chi connectivity index (χ1v) is 12.7. The minimum Gasteiger partial charge on any atom is -0.493 e. The summed E-state index contributed by atoms with van der Waals surface area (Å²) in [5.74, 6) is 5.52. The molecule has 1 atom stereocenters. The molecule has 1 heterocycles. The number of hydrogen-bond donors (Lipinski definition) is 2. The fourth-order valence-corrected chi connectivity index (χ4v) is 4.64. The van der Waals surface area contributed by atoms with Gasteiger partial charge in [0.1, 0.15) is 18.8 Å². The maximum atomic E-state index is 12.9. The number of hydrogen-bond acceptors (Lipinski definition) is 8. The molecule has 0 bridgehead atoms. The lowest BCUT2D eigenvalue weighted by molar-refractivity contribution is 0.159. The molecule has 4 rings (SSSR count). The summed E-state index contributed by atoms with van der Waals surface area (Å²) in [4.78, 5) is 20.9. The van der Waals surface area contributed by atoms with Crippen molar-refractivity contribution in [2.45, 2.75) is 43.7 Å². The molecular weight excluding hydrogens is 456 g/mol. The predicted molar refractivity (Wildman–Crippen MR) is 132 cm³/mol. The van der Waals surface area contributed by atoms with E-state index in [4.69, 9.17) is 14.2 Å². The van der Waals surface area contributed by atoms with Crippen LogP contribution in [0.3, 0.4) is 0 Å². The number of anilines is 1. The standard InChI is InChI=1S/C24H28N4O5S/c1-4-32-24(29)28-34(3,30)18-10-5-7-16(11-18)14-33-22-13-20-19(12-21(22)31-2)23(26-15-25-20)27-17-8-6-9-17/h5,7,10-13,15,17H,3-4,6,8-9,14H2,1-2H3,(H,25,26,27)(H,28,29,30). The smallest absolute Gasteiger partial charge is 0.418 e. The molecule has 1 unspecified atom stereocenters. The Morgan fingerprint density at radius 1 is 1.21 bits per heavy atom. The van der Waals surface area contributed by atoms with E-state index in [1.165, 1.54) is 12.7 Å². The summed E-state index contributed by atoms with van der Waals surface area (Å²) in [5, 5.41) is 4.34. The molecule has 0 spiro atoms. The number of fused-ring (bicyclic) bond motifs is 1. The summed E-state index contributed by atoms with van der Waals surface area (Å²) in [6, 6.07) is 11.0. The summed E-state index contributed by atoms with van der Waals surface area (Å²) in [7, 11) is -1.49. The van der Waals surface area contributed by atoms with Crippen LogP contribution in [-0.2, 0) is 21.1 Å². The van der Waals surface area contributed by atoms with Gasteiger partial charge in [-0.05, 0) is 55.8 Å². The molecule has 2 N–H and O–H groups in total. The molecule has 10 heteroatoms. The van der Waals surface area contributed by atoms with Gasteiger partial charge >= 0.3 is 6.09 Å². The van der Waals surface area contributed by atoms with Gasteiger partial charge < -0.3 is 19.5 Å². The third-order valence-corrected chi connectivity index (χ3v) is 7.08. The fraction of sp³-hybridized carbons (Fsp3) is 0.333. The average Bonchev–Trinajstić information content (AvgIpc) is 2.79. The van der Waals surface area contributed by atoms with Crippen molar-refractivity contribution in [3.05, 3.63) is 48.3 Å². The van der Waals surface area contributed by atoms with E-state index in [-0.39, 0.29) is 13.2 Å². The fourth-order valence-electron chi connectivity index (χ4n) is 3.55. The van der Waals surface area contributed by atoms with Crippen LogP contribution in [0.1, 0.15) is 31.7 Å². The molecule has 0 radical (unpaired) electrons. The Balaban J connectivity index is 1.53. The summed E-state index contributed by atoms with van der Waals surface area (Å²) in [6.45, 7) is 2.02. The molecule has 1 aromatic heterocycles. The summed E-state index contributed by atoms with van der Waals surface area (Å²) >= 11 is 0. The van der Waals surface area contributed by atoms with E-state index in [1.54, 1.807) is 32.2 Å². The van der Waals surface area contributed by atoms with Crippen molar-refractivity contribution in [3.63, 3.8) is 0 Å². The van der Waals surface area contributed by atoms with Crippen LogP contribution in [0.4, 0.5) is 10.6 Å². The van der Waals surface area contributed by atoms with Gasteiger partial charge in [0.05, 0.1) is 33.8 Å². The third-order valence-electron chi connectivity index (χ3n) is 5.56. The minimum atomic E-state index is -3.07. The molecule has 1 aliphatic rings. The highest BCUT2D eigenvalue weighted by Crippen LogP contribution is 2.35. The van der Waals surface area contributed by atoms with Crippen LogP contribution in [0.15, 0.2) is 47.6 Å². The van der Waals surface area contributed by atoms with E-state index in [2.05, 4.69) is 25.9 Å². The van der Waals surface area contributed by atoms with Gasteiger partial charge in [0, 0.05) is 17.5 Å². The number of carbonyl (C=O) groups is 1. The van der Waals surface area contributed by atoms with Gasteiger partial charge in [-0.15, -0.1) is 0 Å². The predicted octanol–water partition coefficient (Wildman–Crippen LogP) is 3.92. The van der Waals surface area contributed by atoms with Crippen molar-refractivity contribution < 1.29 is 23.2 Å². The lowest BCUT2D eigenvalue weighted by Crippen LogP contribution is -2.31. The summed E-state index contributed by atoms with van der Waals surface area (Å²) in [6.07, 6.45) is 4.25. The van der Waals surface area contributed by atoms with Gasteiger partial charge in [0.15, 0.2) is 11.5 Å². The second-order valence-corrected chi connectivity index (χ2v) is 9.97. The van der Waals surface area contributed by atoms with E-state index in [1.807, 2.05) is 18.2 Å². The zero-order valence-corrected chi connectivity index (χ0v) is 20.0. The first-order valence-electron chi connectivity index (χ1n) is 11.0. The Bertz CT molecular complexity index is 1290. The van der Waals surface area contributed by atoms with Gasteiger partial charge in [-0.2, -0.15) is 0 Å². The van der Waals surface area contributed by atoms with Gasteiger partial charge in [-0.1, -0.05) is 12.1 Å². The van der Waals surface area contributed by atoms with E-state index in [0.717, 1.165) is 35.1 Å². The molecule has 180 valence electrons. The molecule has 1 amide bonds. The molecule has 34 heavy (non-hydrogen) atoms. The molecular formula is C24H28N4O5S. The molecule has 0 aliphatic heterocycles. The van der Waals surface area contributed by atoms with Crippen LogP contribution in [0.2, 0.25) is 0 Å². The van der Waals surface area contributed by atoms with Crippen LogP contribution >= 0.6 is 0 Å². The monoisotopic (exact) mass is 484 g/mol. The maximum Gasteiger partial charge on any atom is 0.418 e. The zero-order valence-electron chi connectivity index (χ0n) is 19.2. The highest BCUT2D eigenvalue weighted by atomic mass is 32.2. The SMILES string of the molecule is C=S(=O)(NC(=O)OCC)c1cccc(COc2cc3ncnc(NC4CCC4)c3cc2OC)c1. The molecule has 1 fully saturated rings. The second kappa shape index (κ2) is 10.2. The third kappa shape index (κ3) is 5.33. The second-order valence-electron chi connectivity index (χ2n) is 7.95. The number of nitrogens with zero attached hydrogens (tertiary/aromatic N) is 2. The van der Waals surface area contributed by atoms with Gasteiger partial charge in [-0.25, -0.2) is 23.7 Å². The van der Waals surface area contributed by atoms with E-state index < -0.39 is 15.8 Å². The van der Waals surface area contributed by atoms with Crippen molar-refractivity contribution in [3.8, 4) is 11.5 Å². The lowest BCUT2D eigenvalue weighted by atomic mass is 9.93. The van der Waals surface area contributed by atoms with Crippen molar-refractivity contribution in [1.29, 1.82) is 0 Å². The molecule has 1 saturated carbocycles. The van der Waals surface area contributed by atoms with Gasteiger partial charge in [-0.3, -0.25) is 0 Å². The van der Waals surface area contributed by atoms with Gasteiger partial charge in [0.2, 0.25) is 0 Å². The van der Waals surface area contributed by atoms with Crippen LogP contribution in [0.25, 0.3) is 10.9 Å². The topological polar surface area (TPSA) is 112 Å². The Kier molecular flexibility index (Phi) is 7.06. The highest BCUT2D eigenvalue weighted by Gasteiger charge is 2.20. The molecule has 1 aliphatic carbocycles. The van der Waals surface area contributed by atoms with Gasteiger partial charge in [0.25, 0.3) is 0 Å². The van der Waals surface area contributed by atoms with Crippen LogP contribution in [0, 0.1) is 0 Å². The molecule has 3 aromatic rings. The van der Waals surface area contributed by atoms with E-state index in [9.17, 15) is 9.00 Å². The average molecular weight is 485 g/mol. The quantitative estimate of drug-likeness (QED) is 0.440. The number of carbonyl (C=O) groups excluding carboxylic acids is 1. The number of rotatable bonds is 9. The van der Waals surface area contributed by atoms with E-state index in [0.29, 0.717) is 22.4 Å². The normalized spacial score (nSPS) is 15.1. The minimum absolute atomic E-state index is 0.173. The van der Waals surface area contributed by atoms with Crippen LogP contribution < -0.4 is 19.5 Å². The summed E-state index contributed by atoms with van der Waals surface area (Å²) < 4.78 is 31.6. The van der Waals surface area contributed by atoms with Crippen molar-refractivity contribution in [2.75, 3.05) is 19.0 Å². The van der Waals surface area contributed by atoms with Crippen molar-refractivity contribution >= 4 is 38.4 Å². The number of benzene rings is 2. The number of ether oxygens (including phenoxy) is 3. The zero-order chi connectivity index (χ0) is 24.1. The number of nitrogens with one attached hydrogen (secondary N) is 2. The number of aromatic nitrogens is 2. The van der Waals surface area contributed by atoms with Crippen LogP contribution in [-0.4, -0.2) is 45.9 Å². The van der Waals surface area contributed by atoms with Crippen LogP contribution in [0.5, 0.6) is 11.5 Å². The largest absolute Gasteiger partial charge is 0.493 e. The Labute approximate surface area is 199 Å². The highest BCUT2D eigenvalue weighted by molar-refractivity contribution is 7.99. The number of amides is 1. The van der Waals surface area contributed by atoms with Crippen molar-refractivity contribution in [2.24, 2.45) is 0 Å². The first-order chi connectivity index (χ1) is 16.4. The Morgan fingerprint density at radius 3 is 2.74 bits per heavy atom. The molecule has 0 saturated heterocycles. The molecule has 9 nitrogen and oxygen atoms in total. The Hall–Kier alpha value is -3.53. The molecule has 2 aromatic carbocycles. The van der Waals surface area contributed by atoms with E-state index >= 15 is 0 Å². The van der Waals surface area contributed by atoms with Crippen molar-refractivity contribution in [1.82, 2.24) is 14.7 Å².